The second kappa shape index (κ2) is 4.83. The Hall–Kier alpha value is -1.09. The lowest BCUT2D eigenvalue weighted by Gasteiger charge is -2.11. The normalized spacial score (nSPS) is 11.1. The smallest absolute Gasteiger partial charge is 0.261 e. The number of nitriles is 1. The summed E-state index contributed by atoms with van der Waals surface area (Å²) in [5, 5.41) is 8.89. The van der Waals surface area contributed by atoms with E-state index < -0.39 is 9.05 Å². The summed E-state index contributed by atoms with van der Waals surface area (Å²) in [5.74, 6) is 0. The molecule has 0 aliphatic carbocycles. The Morgan fingerprint density at radius 2 is 2.06 bits per heavy atom. The fraction of sp³-hybridized carbons (Fsp3) is 0.300. The molecule has 0 aliphatic rings. The molecule has 0 heterocycles. The predicted molar refractivity (Wildman–Crippen MR) is 61.5 cm³/mol. The van der Waals surface area contributed by atoms with Crippen molar-refractivity contribution < 1.29 is 8.42 Å². The first-order chi connectivity index (χ1) is 7.45. The first kappa shape index (κ1) is 13.0. The molecule has 0 saturated carbocycles. The highest BCUT2D eigenvalue weighted by molar-refractivity contribution is 8.13. The van der Waals surface area contributed by atoms with Crippen LogP contribution in [0.2, 0.25) is 0 Å². The Labute approximate surface area is 99.1 Å². The maximum Gasteiger partial charge on any atom is 0.261 e. The van der Waals surface area contributed by atoms with E-state index in [1.807, 2.05) is 13.0 Å². The van der Waals surface area contributed by atoms with Crippen molar-refractivity contribution in [3.63, 3.8) is 0 Å². The van der Waals surface area contributed by atoms with Crippen molar-refractivity contribution >= 4 is 19.7 Å². The van der Waals surface area contributed by atoms with Gasteiger partial charge in [0.25, 0.3) is 9.05 Å². The SMILES string of the molecule is CCc1c(C#N)ccc(S(=O)(=O)Cl)c1CN. The van der Waals surface area contributed by atoms with Gasteiger partial charge in [0.15, 0.2) is 0 Å². The molecule has 1 aromatic carbocycles. The molecule has 0 radical (unpaired) electrons. The lowest BCUT2D eigenvalue weighted by Crippen LogP contribution is -2.09. The first-order valence-electron chi connectivity index (χ1n) is 4.65. The fourth-order valence-electron chi connectivity index (χ4n) is 1.63. The van der Waals surface area contributed by atoms with E-state index in [4.69, 9.17) is 21.7 Å². The van der Waals surface area contributed by atoms with Crippen LogP contribution in [0.1, 0.15) is 23.6 Å². The topological polar surface area (TPSA) is 84.0 Å². The number of hydrogen-bond donors (Lipinski definition) is 1. The van der Waals surface area contributed by atoms with Gasteiger partial charge in [0.1, 0.15) is 0 Å². The minimum Gasteiger partial charge on any atom is -0.326 e. The zero-order valence-electron chi connectivity index (χ0n) is 8.70. The van der Waals surface area contributed by atoms with Crippen molar-refractivity contribution in [1.82, 2.24) is 0 Å². The van der Waals surface area contributed by atoms with Gasteiger partial charge in [-0.15, -0.1) is 0 Å². The molecule has 0 spiro atoms. The molecule has 0 bridgehead atoms. The van der Waals surface area contributed by atoms with E-state index in [1.165, 1.54) is 12.1 Å². The quantitative estimate of drug-likeness (QED) is 0.833. The Morgan fingerprint density at radius 1 is 1.44 bits per heavy atom. The number of halogens is 1. The van der Waals surface area contributed by atoms with Crippen molar-refractivity contribution in [3.8, 4) is 6.07 Å². The van der Waals surface area contributed by atoms with Crippen molar-refractivity contribution in [1.29, 1.82) is 5.26 Å². The molecule has 0 aromatic heterocycles. The van der Waals surface area contributed by atoms with Gasteiger partial charge in [0.05, 0.1) is 16.5 Å². The van der Waals surface area contributed by atoms with E-state index in [0.717, 1.165) is 0 Å². The van der Waals surface area contributed by atoms with Crippen LogP contribution in [0.3, 0.4) is 0 Å². The molecule has 0 fully saturated rings. The van der Waals surface area contributed by atoms with Crippen LogP contribution < -0.4 is 5.73 Å². The summed E-state index contributed by atoms with van der Waals surface area (Å²) in [4.78, 5) is -0.00693. The van der Waals surface area contributed by atoms with Crippen molar-refractivity contribution in [2.75, 3.05) is 0 Å². The van der Waals surface area contributed by atoms with Gasteiger partial charge in [0, 0.05) is 17.2 Å². The zero-order valence-corrected chi connectivity index (χ0v) is 10.3. The molecule has 0 unspecified atom stereocenters. The molecule has 86 valence electrons. The van der Waals surface area contributed by atoms with Crippen LogP contribution in [0, 0.1) is 11.3 Å². The summed E-state index contributed by atoms with van der Waals surface area (Å²) in [6.07, 6.45) is 0.537. The van der Waals surface area contributed by atoms with Crippen LogP contribution in [0.25, 0.3) is 0 Å². The summed E-state index contributed by atoms with van der Waals surface area (Å²) in [6.45, 7) is 1.87. The second-order valence-corrected chi connectivity index (χ2v) is 5.71. The third-order valence-electron chi connectivity index (χ3n) is 2.33. The lowest BCUT2D eigenvalue weighted by molar-refractivity contribution is 0.608. The van der Waals surface area contributed by atoms with Crippen LogP contribution >= 0.6 is 10.7 Å². The highest BCUT2D eigenvalue weighted by atomic mass is 35.7. The highest BCUT2D eigenvalue weighted by Crippen LogP contribution is 2.25. The summed E-state index contributed by atoms with van der Waals surface area (Å²) in [6, 6.07) is 4.78. The molecule has 6 heteroatoms. The molecule has 0 atom stereocenters. The minimum atomic E-state index is -3.82. The summed E-state index contributed by atoms with van der Waals surface area (Å²) in [5.41, 5.74) is 7.02. The molecule has 4 nitrogen and oxygen atoms in total. The number of benzene rings is 1. The van der Waals surface area contributed by atoms with Crippen molar-refractivity contribution in [2.24, 2.45) is 5.73 Å². The van der Waals surface area contributed by atoms with Crippen molar-refractivity contribution in [2.45, 2.75) is 24.8 Å². The van der Waals surface area contributed by atoms with Crippen LogP contribution in [0.5, 0.6) is 0 Å². The van der Waals surface area contributed by atoms with Gasteiger partial charge in [-0.1, -0.05) is 6.92 Å². The highest BCUT2D eigenvalue weighted by Gasteiger charge is 2.19. The molecule has 1 rings (SSSR count). The van der Waals surface area contributed by atoms with E-state index in [-0.39, 0.29) is 11.4 Å². The van der Waals surface area contributed by atoms with E-state index >= 15 is 0 Å². The summed E-state index contributed by atoms with van der Waals surface area (Å²) in [7, 11) is 1.48. The maximum absolute atomic E-state index is 11.3. The molecule has 16 heavy (non-hydrogen) atoms. The third-order valence-corrected chi connectivity index (χ3v) is 3.74. The number of nitrogens with two attached hydrogens (primary N) is 1. The molecular formula is C10H11ClN2O2S. The molecular weight excluding hydrogens is 248 g/mol. The minimum absolute atomic E-state index is 0.00693. The zero-order chi connectivity index (χ0) is 12.3. The van der Waals surface area contributed by atoms with Crippen LogP contribution in [-0.4, -0.2) is 8.42 Å². The summed E-state index contributed by atoms with van der Waals surface area (Å²) >= 11 is 0. The van der Waals surface area contributed by atoms with Crippen LogP contribution in [-0.2, 0) is 22.0 Å². The monoisotopic (exact) mass is 258 g/mol. The van der Waals surface area contributed by atoms with Gasteiger partial charge in [0.2, 0.25) is 0 Å². The van der Waals surface area contributed by atoms with E-state index in [1.54, 1.807) is 0 Å². The van der Waals surface area contributed by atoms with Gasteiger partial charge >= 0.3 is 0 Å². The van der Waals surface area contributed by atoms with Crippen LogP contribution in [0.4, 0.5) is 0 Å². The van der Waals surface area contributed by atoms with Gasteiger partial charge in [-0.2, -0.15) is 5.26 Å². The third kappa shape index (κ3) is 2.35. The van der Waals surface area contributed by atoms with Gasteiger partial charge in [-0.3, -0.25) is 0 Å². The lowest BCUT2D eigenvalue weighted by atomic mass is 9.99. The molecule has 0 amide bonds. The van der Waals surface area contributed by atoms with Crippen LogP contribution in [0.15, 0.2) is 17.0 Å². The molecule has 0 aliphatic heterocycles. The molecule has 0 saturated heterocycles. The average molecular weight is 259 g/mol. The van der Waals surface area contributed by atoms with E-state index in [9.17, 15) is 8.42 Å². The van der Waals surface area contributed by atoms with Gasteiger partial charge in [-0.25, -0.2) is 8.42 Å². The predicted octanol–water partition coefficient (Wildman–Crippen LogP) is 1.51. The maximum atomic E-state index is 11.3. The number of nitrogens with zero attached hydrogens (tertiary/aromatic N) is 1. The fourth-order valence-corrected chi connectivity index (χ4v) is 2.80. The Morgan fingerprint density at radius 3 is 2.44 bits per heavy atom. The Kier molecular flexibility index (Phi) is 3.92. The van der Waals surface area contributed by atoms with Crippen molar-refractivity contribution in [3.05, 3.63) is 28.8 Å². The average Bonchev–Trinajstić information content (AvgIpc) is 2.25. The van der Waals surface area contributed by atoms with E-state index in [0.29, 0.717) is 23.1 Å². The standard InChI is InChI=1S/C10H11ClN2O2S/c1-2-8-7(5-12)3-4-10(9(8)6-13)16(11,14)15/h3-4H,2,6,13H2,1H3. The van der Waals surface area contributed by atoms with Gasteiger partial charge < -0.3 is 5.73 Å². The molecule has 2 N–H and O–H groups in total. The summed E-state index contributed by atoms with van der Waals surface area (Å²) < 4.78 is 22.6. The van der Waals surface area contributed by atoms with E-state index in [2.05, 4.69) is 0 Å². The first-order valence-corrected chi connectivity index (χ1v) is 6.96. The number of rotatable bonds is 3. The number of hydrogen-bond acceptors (Lipinski definition) is 4. The molecule has 1 aromatic rings. The Balaban J connectivity index is 3.64. The second-order valence-electron chi connectivity index (χ2n) is 3.18. The van der Waals surface area contributed by atoms with Gasteiger partial charge in [-0.05, 0) is 29.7 Å². The largest absolute Gasteiger partial charge is 0.326 e. The Bertz CT molecular complexity index is 547.